The summed E-state index contributed by atoms with van der Waals surface area (Å²) in [7, 11) is 0. The Balaban J connectivity index is 2.81. The lowest BCUT2D eigenvalue weighted by molar-refractivity contribution is 0.0150. The van der Waals surface area contributed by atoms with Gasteiger partial charge in [-0.25, -0.2) is 0 Å². The van der Waals surface area contributed by atoms with Gasteiger partial charge in [0, 0.05) is 0 Å². The van der Waals surface area contributed by atoms with Crippen LogP contribution in [0.25, 0.3) is 0 Å². The van der Waals surface area contributed by atoms with Crippen LogP contribution in [0.3, 0.4) is 0 Å². The van der Waals surface area contributed by atoms with Gasteiger partial charge in [0.2, 0.25) is 0 Å². The van der Waals surface area contributed by atoms with E-state index in [0.717, 1.165) is 0 Å². The zero-order chi connectivity index (χ0) is 11.4. The van der Waals surface area contributed by atoms with Crippen LogP contribution in [0.2, 0.25) is 0 Å². The lowest BCUT2D eigenvalue weighted by Gasteiger charge is -2.18. The zero-order valence-corrected chi connectivity index (χ0v) is 8.43. The van der Waals surface area contributed by atoms with Crippen LogP contribution in [0.1, 0.15) is 18.1 Å². The molecular weight excluding hydrogens is 194 g/mol. The highest BCUT2D eigenvalue weighted by molar-refractivity contribution is 5.64. The molecule has 2 unspecified atom stereocenters. The Kier molecular flexibility index (Phi) is 3.90. The summed E-state index contributed by atoms with van der Waals surface area (Å²) < 4.78 is 0. The van der Waals surface area contributed by atoms with Crippen molar-refractivity contribution in [3.8, 4) is 0 Å². The first-order chi connectivity index (χ1) is 7.06. The van der Waals surface area contributed by atoms with E-state index in [9.17, 15) is 10.2 Å². The molecule has 0 aliphatic rings. The molecule has 0 aliphatic heterocycles. The van der Waals surface area contributed by atoms with Crippen LogP contribution < -0.4 is 17.2 Å². The van der Waals surface area contributed by atoms with E-state index in [0.29, 0.717) is 29.9 Å². The molecule has 0 amide bonds. The largest absolute Gasteiger partial charge is 0.397 e. The van der Waals surface area contributed by atoms with Crippen molar-refractivity contribution in [1.82, 2.24) is 0 Å². The first-order valence-electron chi connectivity index (χ1n) is 4.77. The molecule has 0 fully saturated rings. The van der Waals surface area contributed by atoms with Gasteiger partial charge in [-0.15, -0.1) is 0 Å². The van der Waals surface area contributed by atoms with Gasteiger partial charge in [-0.2, -0.15) is 0 Å². The third-order valence-electron chi connectivity index (χ3n) is 2.28. The van der Waals surface area contributed by atoms with E-state index in [1.165, 1.54) is 0 Å². The number of aliphatic hydroxyl groups excluding tert-OH is 2. The number of anilines is 2. The molecule has 84 valence electrons. The molecule has 0 saturated heterocycles. The Morgan fingerprint density at radius 1 is 1.13 bits per heavy atom. The topological polar surface area (TPSA) is 119 Å². The van der Waals surface area contributed by atoms with Crippen molar-refractivity contribution in [3.63, 3.8) is 0 Å². The van der Waals surface area contributed by atoms with E-state index >= 15 is 0 Å². The van der Waals surface area contributed by atoms with Gasteiger partial charge in [0.1, 0.15) is 6.10 Å². The fraction of sp³-hybridized carbons (Fsp3) is 0.400. The van der Waals surface area contributed by atoms with Crippen LogP contribution in [0, 0.1) is 0 Å². The Bertz CT molecular complexity index is 330. The maximum absolute atomic E-state index is 9.73. The summed E-state index contributed by atoms with van der Waals surface area (Å²) in [6.45, 7) is 0.322. The molecule has 5 nitrogen and oxygen atoms in total. The molecular formula is C10H17N3O2. The van der Waals surface area contributed by atoms with Crippen LogP contribution in [-0.2, 0) is 0 Å². The van der Waals surface area contributed by atoms with Gasteiger partial charge in [-0.05, 0) is 30.7 Å². The molecule has 8 N–H and O–H groups in total. The van der Waals surface area contributed by atoms with Crippen molar-refractivity contribution in [2.75, 3.05) is 18.0 Å². The van der Waals surface area contributed by atoms with Gasteiger partial charge in [0.05, 0.1) is 17.5 Å². The van der Waals surface area contributed by atoms with Crippen LogP contribution >= 0.6 is 0 Å². The summed E-state index contributed by atoms with van der Waals surface area (Å²) >= 11 is 0. The maximum Gasteiger partial charge on any atom is 0.105 e. The molecule has 0 bridgehead atoms. The number of nitrogens with two attached hydrogens (primary N) is 3. The Hall–Kier alpha value is -1.30. The molecule has 0 radical (unpaired) electrons. The molecule has 0 spiro atoms. The average molecular weight is 211 g/mol. The molecule has 2 atom stereocenters. The van der Waals surface area contributed by atoms with Gasteiger partial charge in [0.15, 0.2) is 0 Å². The van der Waals surface area contributed by atoms with E-state index in [2.05, 4.69) is 0 Å². The predicted molar refractivity (Wildman–Crippen MR) is 59.9 cm³/mol. The SMILES string of the molecule is NCCC(O)C(O)c1ccc(N)c(N)c1. The van der Waals surface area contributed by atoms with E-state index < -0.39 is 12.2 Å². The quantitative estimate of drug-likeness (QED) is 0.434. The van der Waals surface area contributed by atoms with Crippen LogP contribution in [0.4, 0.5) is 11.4 Å². The fourth-order valence-corrected chi connectivity index (χ4v) is 1.33. The smallest absolute Gasteiger partial charge is 0.105 e. The summed E-state index contributed by atoms with van der Waals surface area (Å²) in [4.78, 5) is 0. The van der Waals surface area contributed by atoms with Crippen molar-refractivity contribution in [1.29, 1.82) is 0 Å². The predicted octanol–water partition coefficient (Wildman–Crippen LogP) is -0.406. The number of hydrogen-bond donors (Lipinski definition) is 5. The lowest BCUT2D eigenvalue weighted by atomic mass is 10.0. The maximum atomic E-state index is 9.73. The Morgan fingerprint density at radius 3 is 2.33 bits per heavy atom. The fourth-order valence-electron chi connectivity index (χ4n) is 1.33. The second-order valence-corrected chi connectivity index (χ2v) is 3.48. The standard InChI is InChI=1S/C10H17N3O2/c11-4-3-9(14)10(15)6-1-2-7(12)8(13)5-6/h1-2,5,9-10,14-15H,3-4,11-13H2. The van der Waals surface area contributed by atoms with Gasteiger partial charge < -0.3 is 27.4 Å². The molecule has 5 heteroatoms. The van der Waals surface area contributed by atoms with Crippen molar-refractivity contribution in [2.45, 2.75) is 18.6 Å². The first kappa shape index (κ1) is 11.8. The number of nitrogen functional groups attached to an aromatic ring is 2. The number of aliphatic hydroxyl groups is 2. The van der Waals surface area contributed by atoms with Crippen LogP contribution in [0.5, 0.6) is 0 Å². The molecule has 0 saturated carbocycles. The minimum Gasteiger partial charge on any atom is -0.397 e. The Morgan fingerprint density at radius 2 is 1.80 bits per heavy atom. The first-order valence-corrected chi connectivity index (χ1v) is 4.77. The molecule has 1 aromatic carbocycles. The monoisotopic (exact) mass is 211 g/mol. The number of hydrogen-bond acceptors (Lipinski definition) is 5. The van der Waals surface area contributed by atoms with E-state index in [1.807, 2.05) is 0 Å². The molecule has 0 heterocycles. The van der Waals surface area contributed by atoms with E-state index in [4.69, 9.17) is 17.2 Å². The average Bonchev–Trinajstić information content (AvgIpc) is 2.21. The molecule has 1 rings (SSSR count). The van der Waals surface area contributed by atoms with Gasteiger partial charge >= 0.3 is 0 Å². The molecule has 15 heavy (non-hydrogen) atoms. The lowest BCUT2D eigenvalue weighted by Crippen LogP contribution is -2.21. The summed E-state index contributed by atoms with van der Waals surface area (Å²) in [5.41, 5.74) is 17.8. The van der Waals surface area contributed by atoms with Gasteiger partial charge in [-0.1, -0.05) is 6.07 Å². The summed E-state index contributed by atoms with van der Waals surface area (Å²) in [5.74, 6) is 0. The Labute approximate surface area is 88.5 Å². The summed E-state index contributed by atoms with van der Waals surface area (Å²) in [6.07, 6.45) is -1.51. The second kappa shape index (κ2) is 4.97. The van der Waals surface area contributed by atoms with Crippen molar-refractivity contribution in [3.05, 3.63) is 23.8 Å². The van der Waals surface area contributed by atoms with Crippen molar-refractivity contribution >= 4 is 11.4 Å². The molecule has 0 aromatic heterocycles. The van der Waals surface area contributed by atoms with Crippen molar-refractivity contribution in [2.24, 2.45) is 5.73 Å². The van der Waals surface area contributed by atoms with Gasteiger partial charge in [0.25, 0.3) is 0 Å². The van der Waals surface area contributed by atoms with E-state index in [-0.39, 0.29) is 0 Å². The second-order valence-electron chi connectivity index (χ2n) is 3.48. The van der Waals surface area contributed by atoms with Gasteiger partial charge in [-0.3, -0.25) is 0 Å². The van der Waals surface area contributed by atoms with Crippen molar-refractivity contribution < 1.29 is 10.2 Å². The van der Waals surface area contributed by atoms with Crippen LogP contribution in [0.15, 0.2) is 18.2 Å². The third kappa shape index (κ3) is 2.82. The molecule has 0 aliphatic carbocycles. The highest BCUT2D eigenvalue weighted by atomic mass is 16.3. The highest BCUT2D eigenvalue weighted by Gasteiger charge is 2.17. The minimum absolute atomic E-state index is 0.322. The zero-order valence-electron chi connectivity index (χ0n) is 8.43. The molecule has 1 aromatic rings. The highest BCUT2D eigenvalue weighted by Crippen LogP contribution is 2.24. The summed E-state index contributed by atoms with van der Waals surface area (Å²) in [5, 5.41) is 19.3. The third-order valence-corrected chi connectivity index (χ3v) is 2.28. The number of rotatable bonds is 4. The minimum atomic E-state index is -0.976. The number of benzene rings is 1. The summed E-state index contributed by atoms with van der Waals surface area (Å²) in [6, 6.07) is 4.79. The van der Waals surface area contributed by atoms with Crippen LogP contribution in [-0.4, -0.2) is 22.9 Å². The normalized spacial score (nSPS) is 14.9. The van der Waals surface area contributed by atoms with E-state index in [1.54, 1.807) is 18.2 Å².